The van der Waals surface area contributed by atoms with E-state index in [0.717, 1.165) is 18.5 Å². The maximum atomic E-state index is 10.6. The molecule has 2 atom stereocenters. The van der Waals surface area contributed by atoms with Crippen LogP contribution >= 0.6 is 0 Å². The Labute approximate surface area is 144 Å². The van der Waals surface area contributed by atoms with Crippen molar-refractivity contribution in [1.29, 1.82) is 0 Å². The van der Waals surface area contributed by atoms with Crippen LogP contribution in [0.3, 0.4) is 0 Å². The lowest BCUT2D eigenvalue weighted by molar-refractivity contribution is 0.121. The zero-order chi connectivity index (χ0) is 16.8. The van der Waals surface area contributed by atoms with Gasteiger partial charge >= 0.3 is 0 Å². The highest BCUT2D eigenvalue weighted by Gasteiger charge is 2.24. The van der Waals surface area contributed by atoms with E-state index >= 15 is 0 Å². The Kier molecular flexibility index (Phi) is 5.30. The van der Waals surface area contributed by atoms with Crippen LogP contribution in [-0.4, -0.2) is 28.1 Å². The van der Waals surface area contributed by atoms with Crippen molar-refractivity contribution in [1.82, 2.24) is 9.88 Å². The average molecular weight is 320 g/mol. The first-order valence-corrected chi connectivity index (χ1v) is 8.59. The number of aromatic nitrogens is 1. The molecule has 2 aromatic rings. The van der Waals surface area contributed by atoms with Gasteiger partial charge in [-0.05, 0) is 43.5 Å². The van der Waals surface area contributed by atoms with Gasteiger partial charge in [-0.15, -0.1) is 0 Å². The molecular weight excluding hydrogens is 296 g/mol. The topological polar surface area (TPSA) is 36.4 Å². The Morgan fingerprint density at radius 2 is 2.04 bits per heavy atom. The third kappa shape index (κ3) is 4.03. The molecule has 1 saturated heterocycles. The molecule has 1 aromatic heterocycles. The lowest BCUT2D eigenvalue weighted by atomic mass is 9.95. The Morgan fingerprint density at radius 3 is 2.79 bits per heavy atom. The predicted molar refractivity (Wildman–Crippen MR) is 96.2 cm³/mol. The monoisotopic (exact) mass is 320 g/mol. The van der Waals surface area contributed by atoms with Crippen molar-refractivity contribution in [2.24, 2.45) is 0 Å². The number of aliphatic hydroxyl groups is 1. The van der Waals surface area contributed by atoms with Gasteiger partial charge in [0.15, 0.2) is 0 Å². The molecule has 1 aromatic carbocycles. The molecule has 1 N–H and O–H groups in total. The molecule has 2 heterocycles. The third-order valence-corrected chi connectivity index (χ3v) is 4.63. The Balaban J connectivity index is 1.71. The minimum atomic E-state index is -1.11. The number of rotatable bonds is 3. The molecule has 3 heteroatoms. The van der Waals surface area contributed by atoms with E-state index in [1.807, 2.05) is 48.8 Å². The van der Waals surface area contributed by atoms with Crippen LogP contribution in [0.15, 0.2) is 54.9 Å². The second kappa shape index (κ2) is 7.61. The minimum Gasteiger partial charge on any atom is -0.374 e. The summed E-state index contributed by atoms with van der Waals surface area (Å²) >= 11 is 0. The molecular formula is C21H24N2O. The van der Waals surface area contributed by atoms with E-state index in [2.05, 4.69) is 27.8 Å². The van der Waals surface area contributed by atoms with E-state index in [0.29, 0.717) is 12.6 Å². The van der Waals surface area contributed by atoms with Crippen molar-refractivity contribution in [2.45, 2.75) is 37.8 Å². The third-order valence-electron chi connectivity index (χ3n) is 4.63. The van der Waals surface area contributed by atoms with Crippen molar-refractivity contribution in [3.63, 3.8) is 0 Å². The fourth-order valence-corrected chi connectivity index (χ4v) is 3.28. The fourth-order valence-electron chi connectivity index (χ4n) is 3.28. The van der Waals surface area contributed by atoms with Gasteiger partial charge in [-0.1, -0.05) is 54.7 Å². The van der Waals surface area contributed by atoms with Crippen molar-refractivity contribution < 1.29 is 5.11 Å². The molecule has 1 aliphatic heterocycles. The second-order valence-electron chi connectivity index (χ2n) is 6.51. The molecule has 3 rings (SSSR count). The maximum Gasteiger partial charge on any atom is 0.148 e. The van der Waals surface area contributed by atoms with Crippen LogP contribution in [0.2, 0.25) is 0 Å². The van der Waals surface area contributed by atoms with E-state index in [1.165, 1.54) is 18.4 Å². The van der Waals surface area contributed by atoms with Gasteiger partial charge in [-0.3, -0.25) is 9.88 Å². The Hall–Kier alpha value is -2.15. The first-order chi connectivity index (χ1) is 11.7. The van der Waals surface area contributed by atoms with Crippen LogP contribution in [0, 0.1) is 11.8 Å². The maximum absolute atomic E-state index is 10.6. The van der Waals surface area contributed by atoms with Gasteiger partial charge in [-0.25, -0.2) is 0 Å². The van der Waals surface area contributed by atoms with E-state index in [1.54, 1.807) is 6.92 Å². The Bertz CT molecular complexity index is 701. The molecule has 0 bridgehead atoms. The number of hydrogen-bond acceptors (Lipinski definition) is 3. The van der Waals surface area contributed by atoms with Crippen LogP contribution in [0.4, 0.5) is 0 Å². The van der Waals surface area contributed by atoms with Crippen molar-refractivity contribution >= 4 is 0 Å². The van der Waals surface area contributed by atoms with E-state index in [-0.39, 0.29) is 0 Å². The molecule has 3 nitrogen and oxygen atoms in total. The van der Waals surface area contributed by atoms with Gasteiger partial charge in [0, 0.05) is 18.4 Å². The molecule has 0 aliphatic carbocycles. The lowest BCUT2D eigenvalue weighted by Crippen LogP contribution is -2.34. The fraction of sp³-hybridized carbons (Fsp3) is 0.381. The first-order valence-electron chi connectivity index (χ1n) is 8.59. The highest BCUT2D eigenvalue weighted by atomic mass is 16.3. The molecule has 1 aliphatic rings. The molecule has 0 spiro atoms. The van der Waals surface area contributed by atoms with E-state index in [9.17, 15) is 5.11 Å². The summed E-state index contributed by atoms with van der Waals surface area (Å²) < 4.78 is 0. The normalized spacial score (nSPS) is 20.7. The van der Waals surface area contributed by atoms with Gasteiger partial charge in [0.05, 0.1) is 6.54 Å². The number of piperidine rings is 1. The quantitative estimate of drug-likeness (QED) is 0.879. The van der Waals surface area contributed by atoms with Gasteiger partial charge in [0.1, 0.15) is 5.60 Å². The molecule has 124 valence electrons. The van der Waals surface area contributed by atoms with Crippen LogP contribution in [-0.2, 0) is 5.60 Å². The largest absolute Gasteiger partial charge is 0.374 e. The lowest BCUT2D eigenvalue weighted by Gasteiger charge is -2.34. The first kappa shape index (κ1) is 16.7. The van der Waals surface area contributed by atoms with Gasteiger partial charge in [0.25, 0.3) is 0 Å². The molecule has 1 fully saturated rings. The summed E-state index contributed by atoms with van der Waals surface area (Å²) in [7, 11) is 0. The molecule has 0 amide bonds. The van der Waals surface area contributed by atoms with Gasteiger partial charge < -0.3 is 5.11 Å². The van der Waals surface area contributed by atoms with E-state index < -0.39 is 5.60 Å². The standard InChI is InChI=1S/C21H24N2O/c1-21(24,19-10-3-2-4-11-19)13-8-16-23-15-6-5-12-20(23)18-9-7-14-22-17-18/h2-4,7,9-11,14,17,20,24H,5-6,12,15-16H2,1H3/t20-,21-/m0/s1. The van der Waals surface area contributed by atoms with Crippen molar-refractivity contribution in [3.05, 3.63) is 66.0 Å². The van der Waals surface area contributed by atoms with Crippen LogP contribution in [0.1, 0.15) is 43.4 Å². The van der Waals surface area contributed by atoms with Gasteiger partial charge in [0.2, 0.25) is 0 Å². The highest BCUT2D eigenvalue weighted by Crippen LogP contribution is 2.29. The summed E-state index contributed by atoms with van der Waals surface area (Å²) in [6.07, 6.45) is 7.35. The number of likely N-dealkylation sites (tertiary alicyclic amines) is 1. The molecule has 24 heavy (non-hydrogen) atoms. The van der Waals surface area contributed by atoms with Crippen LogP contribution < -0.4 is 0 Å². The zero-order valence-electron chi connectivity index (χ0n) is 14.2. The smallest absolute Gasteiger partial charge is 0.148 e. The highest BCUT2D eigenvalue weighted by molar-refractivity contribution is 5.30. The number of hydrogen-bond donors (Lipinski definition) is 1. The molecule has 0 saturated carbocycles. The van der Waals surface area contributed by atoms with Crippen molar-refractivity contribution in [2.75, 3.05) is 13.1 Å². The number of benzene rings is 1. The summed E-state index contributed by atoms with van der Waals surface area (Å²) in [5.41, 5.74) is 0.981. The summed E-state index contributed by atoms with van der Waals surface area (Å²) in [4.78, 5) is 6.65. The zero-order valence-corrected chi connectivity index (χ0v) is 14.2. The van der Waals surface area contributed by atoms with Crippen molar-refractivity contribution in [3.8, 4) is 11.8 Å². The summed E-state index contributed by atoms with van der Waals surface area (Å²) in [6.45, 7) is 3.47. The van der Waals surface area contributed by atoms with Crippen LogP contribution in [0.25, 0.3) is 0 Å². The average Bonchev–Trinajstić information content (AvgIpc) is 2.63. The summed E-state index contributed by atoms with van der Waals surface area (Å²) in [6, 6.07) is 14.1. The molecule has 0 radical (unpaired) electrons. The minimum absolute atomic E-state index is 0.378. The van der Waals surface area contributed by atoms with Gasteiger partial charge in [-0.2, -0.15) is 0 Å². The summed E-state index contributed by atoms with van der Waals surface area (Å²) in [5, 5.41) is 10.6. The molecule has 0 unspecified atom stereocenters. The van der Waals surface area contributed by atoms with E-state index in [4.69, 9.17) is 0 Å². The summed E-state index contributed by atoms with van der Waals surface area (Å²) in [5.74, 6) is 6.24. The Morgan fingerprint density at radius 1 is 1.21 bits per heavy atom. The predicted octanol–water partition coefficient (Wildman–Crippen LogP) is 3.52. The number of nitrogens with zero attached hydrogens (tertiary/aromatic N) is 2. The second-order valence-corrected chi connectivity index (χ2v) is 6.51. The number of pyridine rings is 1. The SMILES string of the molecule is C[C@](O)(C#CCN1CCCC[C@H]1c1cccnc1)c1ccccc1. The van der Waals surface area contributed by atoms with Crippen LogP contribution in [0.5, 0.6) is 0 Å².